The summed E-state index contributed by atoms with van der Waals surface area (Å²) in [5.41, 5.74) is 0.811. The van der Waals surface area contributed by atoms with Gasteiger partial charge in [0.15, 0.2) is 28.4 Å². The maximum atomic E-state index is 12.7. The SMILES string of the molecule is Cc1cc(Oc2cc(C(F)(F)F)nn2C)c2nc(C)oc2c1. The minimum atomic E-state index is -4.52. The summed E-state index contributed by atoms with van der Waals surface area (Å²) in [5.74, 6) is 0.745. The fourth-order valence-corrected chi connectivity index (χ4v) is 2.12. The van der Waals surface area contributed by atoms with Crippen LogP contribution in [-0.2, 0) is 13.2 Å². The number of hydrogen-bond donors (Lipinski definition) is 0. The largest absolute Gasteiger partial charge is 0.441 e. The second-order valence-corrected chi connectivity index (χ2v) is 4.93. The zero-order valence-electron chi connectivity index (χ0n) is 12.0. The molecule has 0 aliphatic heterocycles. The molecular formula is C14H12F3N3O2. The molecule has 0 radical (unpaired) electrons. The van der Waals surface area contributed by atoms with Gasteiger partial charge in [0.1, 0.15) is 0 Å². The van der Waals surface area contributed by atoms with Crippen molar-refractivity contribution < 1.29 is 22.3 Å². The van der Waals surface area contributed by atoms with Gasteiger partial charge in [-0.1, -0.05) is 0 Å². The van der Waals surface area contributed by atoms with Gasteiger partial charge in [0.05, 0.1) is 0 Å². The summed E-state index contributed by atoms with van der Waals surface area (Å²) < 4.78 is 50.1. The fraction of sp³-hybridized carbons (Fsp3) is 0.286. The van der Waals surface area contributed by atoms with Crippen molar-refractivity contribution in [3.63, 3.8) is 0 Å². The van der Waals surface area contributed by atoms with E-state index in [1.165, 1.54) is 7.05 Å². The molecule has 2 aromatic heterocycles. The molecule has 8 heteroatoms. The number of halogens is 3. The first-order valence-corrected chi connectivity index (χ1v) is 6.41. The van der Waals surface area contributed by atoms with Crippen molar-refractivity contribution in [2.45, 2.75) is 20.0 Å². The van der Waals surface area contributed by atoms with Gasteiger partial charge in [-0.3, -0.25) is 0 Å². The third-order valence-corrected chi connectivity index (χ3v) is 3.05. The maximum Gasteiger partial charge on any atom is 0.435 e. The van der Waals surface area contributed by atoms with Crippen molar-refractivity contribution >= 4 is 11.1 Å². The van der Waals surface area contributed by atoms with Gasteiger partial charge < -0.3 is 9.15 Å². The third-order valence-electron chi connectivity index (χ3n) is 3.05. The van der Waals surface area contributed by atoms with Crippen molar-refractivity contribution in [3.8, 4) is 11.6 Å². The molecule has 0 spiro atoms. The van der Waals surface area contributed by atoms with Crippen LogP contribution in [0.3, 0.4) is 0 Å². The molecule has 3 aromatic rings. The molecule has 1 aromatic carbocycles. The predicted molar refractivity (Wildman–Crippen MR) is 71.8 cm³/mol. The van der Waals surface area contributed by atoms with E-state index in [-0.39, 0.29) is 5.88 Å². The van der Waals surface area contributed by atoms with Gasteiger partial charge in [0, 0.05) is 20.0 Å². The Labute approximate surface area is 123 Å². The van der Waals surface area contributed by atoms with E-state index in [1.54, 1.807) is 19.1 Å². The Bertz CT molecular complexity index is 849. The van der Waals surface area contributed by atoms with Gasteiger partial charge in [-0.15, -0.1) is 0 Å². The minimum absolute atomic E-state index is 0.0279. The van der Waals surface area contributed by atoms with Crippen LogP contribution in [0, 0.1) is 13.8 Å². The molecule has 0 fully saturated rings. The average Bonchev–Trinajstić information content (AvgIpc) is 2.92. The van der Waals surface area contributed by atoms with E-state index in [9.17, 15) is 13.2 Å². The normalized spacial score (nSPS) is 12.1. The Balaban J connectivity index is 2.05. The van der Waals surface area contributed by atoms with E-state index in [0.717, 1.165) is 16.3 Å². The number of alkyl halides is 3. The van der Waals surface area contributed by atoms with Crippen LogP contribution >= 0.6 is 0 Å². The fourth-order valence-electron chi connectivity index (χ4n) is 2.12. The van der Waals surface area contributed by atoms with E-state index in [4.69, 9.17) is 9.15 Å². The number of rotatable bonds is 2. The number of aromatic nitrogens is 3. The van der Waals surface area contributed by atoms with Crippen molar-refractivity contribution in [2.75, 3.05) is 0 Å². The molecule has 0 unspecified atom stereocenters. The highest BCUT2D eigenvalue weighted by Gasteiger charge is 2.35. The monoisotopic (exact) mass is 311 g/mol. The zero-order valence-corrected chi connectivity index (χ0v) is 12.0. The minimum Gasteiger partial charge on any atom is -0.441 e. The quantitative estimate of drug-likeness (QED) is 0.718. The van der Waals surface area contributed by atoms with Crippen molar-refractivity contribution in [3.05, 3.63) is 35.3 Å². The topological polar surface area (TPSA) is 53.1 Å². The number of hydrogen-bond acceptors (Lipinski definition) is 4. The zero-order chi connectivity index (χ0) is 16.1. The van der Waals surface area contributed by atoms with Crippen LogP contribution in [0.25, 0.3) is 11.1 Å². The summed E-state index contributed by atoms with van der Waals surface area (Å²) in [4.78, 5) is 4.19. The molecule has 0 N–H and O–H groups in total. The van der Waals surface area contributed by atoms with E-state index < -0.39 is 11.9 Å². The molecule has 0 aliphatic carbocycles. The Morgan fingerprint density at radius 2 is 1.91 bits per heavy atom. The lowest BCUT2D eigenvalue weighted by atomic mass is 10.2. The van der Waals surface area contributed by atoms with Crippen LogP contribution in [0.2, 0.25) is 0 Å². The van der Waals surface area contributed by atoms with E-state index in [0.29, 0.717) is 22.7 Å². The van der Waals surface area contributed by atoms with Crippen LogP contribution in [0.1, 0.15) is 17.1 Å². The highest BCUT2D eigenvalue weighted by Crippen LogP contribution is 2.34. The molecule has 0 atom stereocenters. The average molecular weight is 311 g/mol. The summed E-state index contributed by atoms with van der Waals surface area (Å²) in [6, 6.07) is 4.32. The molecule has 116 valence electrons. The van der Waals surface area contributed by atoms with Crippen LogP contribution in [0.15, 0.2) is 22.6 Å². The Hall–Kier alpha value is -2.51. The third kappa shape index (κ3) is 2.51. The van der Waals surface area contributed by atoms with Crippen LogP contribution < -0.4 is 4.74 Å². The second kappa shape index (κ2) is 4.75. The van der Waals surface area contributed by atoms with Crippen LogP contribution in [0.5, 0.6) is 11.6 Å². The molecule has 22 heavy (non-hydrogen) atoms. The highest BCUT2D eigenvalue weighted by molar-refractivity contribution is 5.81. The number of benzene rings is 1. The number of ether oxygens (including phenoxy) is 1. The van der Waals surface area contributed by atoms with Gasteiger partial charge in [-0.2, -0.15) is 18.3 Å². The van der Waals surface area contributed by atoms with Crippen molar-refractivity contribution in [1.29, 1.82) is 0 Å². The van der Waals surface area contributed by atoms with Gasteiger partial charge in [-0.05, 0) is 24.6 Å². The molecule has 0 saturated heterocycles. The molecular weight excluding hydrogens is 299 g/mol. The lowest BCUT2D eigenvalue weighted by molar-refractivity contribution is -0.141. The molecule has 5 nitrogen and oxygen atoms in total. The smallest absolute Gasteiger partial charge is 0.435 e. The first-order chi connectivity index (χ1) is 10.2. The molecule has 0 aliphatic rings. The number of nitrogens with zero attached hydrogens (tertiary/aromatic N) is 3. The number of aryl methyl sites for hydroxylation is 3. The molecule has 0 amide bonds. The van der Waals surface area contributed by atoms with E-state index >= 15 is 0 Å². The first kappa shape index (κ1) is 14.4. The summed E-state index contributed by atoms with van der Waals surface area (Å²) in [6.45, 7) is 3.51. The molecule has 0 bridgehead atoms. The summed E-state index contributed by atoms with van der Waals surface area (Å²) in [6.07, 6.45) is -4.52. The highest BCUT2D eigenvalue weighted by atomic mass is 19.4. The Morgan fingerprint density at radius 3 is 2.55 bits per heavy atom. The molecule has 0 saturated carbocycles. The second-order valence-electron chi connectivity index (χ2n) is 4.93. The maximum absolute atomic E-state index is 12.7. The van der Waals surface area contributed by atoms with Gasteiger partial charge in [0.2, 0.25) is 5.88 Å². The van der Waals surface area contributed by atoms with Gasteiger partial charge in [0.25, 0.3) is 0 Å². The Kier molecular flexibility index (Phi) is 3.12. The predicted octanol–water partition coefficient (Wildman–Crippen LogP) is 3.99. The standard InChI is InChI=1S/C14H12F3N3O2/c1-7-4-9-13(18-8(2)21-9)10(5-7)22-12-6-11(14(15,16)17)19-20(12)3/h4-6H,1-3H3. The van der Waals surface area contributed by atoms with E-state index in [2.05, 4.69) is 10.1 Å². The number of fused-ring (bicyclic) bond motifs is 1. The lowest BCUT2D eigenvalue weighted by Crippen LogP contribution is -2.06. The first-order valence-electron chi connectivity index (χ1n) is 6.41. The number of oxazole rings is 1. The lowest BCUT2D eigenvalue weighted by Gasteiger charge is -2.06. The molecule has 2 heterocycles. The van der Waals surface area contributed by atoms with Crippen LogP contribution in [-0.4, -0.2) is 14.8 Å². The van der Waals surface area contributed by atoms with Crippen LogP contribution in [0.4, 0.5) is 13.2 Å². The summed E-state index contributed by atoms with van der Waals surface area (Å²) >= 11 is 0. The van der Waals surface area contributed by atoms with Gasteiger partial charge in [-0.25, -0.2) is 9.67 Å². The molecule has 3 rings (SSSR count). The van der Waals surface area contributed by atoms with Crippen molar-refractivity contribution in [1.82, 2.24) is 14.8 Å². The van der Waals surface area contributed by atoms with Gasteiger partial charge >= 0.3 is 6.18 Å². The van der Waals surface area contributed by atoms with Crippen molar-refractivity contribution in [2.24, 2.45) is 7.05 Å². The summed E-state index contributed by atoms with van der Waals surface area (Å²) in [5, 5.41) is 3.41. The summed E-state index contributed by atoms with van der Waals surface area (Å²) in [7, 11) is 1.38. The Morgan fingerprint density at radius 1 is 1.18 bits per heavy atom. The van der Waals surface area contributed by atoms with E-state index in [1.807, 2.05) is 6.92 Å².